The summed E-state index contributed by atoms with van der Waals surface area (Å²) in [6.07, 6.45) is 0. The summed E-state index contributed by atoms with van der Waals surface area (Å²) in [6, 6.07) is 3.49. The van der Waals surface area contributed by atoms with Gasteiger partial charge in [0.25, 0.3) is 5.92 Å². The maximum absolute atomic E-state index is 13.1. The number of hydrogen-bond acceptors (Lipinski definition) is 2. The van der Waals surface area contributed by atoms with E-state index in [1.54, 1.807) is 18.2 Å². The summed E-state index contributed by atoms with van der Waals surface area (Å²) in [7, 11) is 0. The maximum Gasteiger partial charge on any atom is 0.289 e. The summed E-state index contributed by atoms with van der Waals surface area (Å²) in [5, 5.41) is 8.52. The molecule has 0 saturated heterocycles. The number of aliphatic hydroxyl groups is 1. The van der Waals surface area contributed by atoms with Crippen LogP contribution in [-0.2, 0) is 0 Å². The quantitative estimate of drug-likeness (QED) is 0.866. The lowest BCUT2D eigenvalue weighted by Crippen LogP contribution is -2.36. The second-order valence-corrected chi connectivity index (χ2v) is 3.74. The molecule has 0 unspecified atom stereocenters. The summed E-state index contributed by atoms with van der Waals surface area (Å²) in [5.74, 6) is -3.28. The topological polar surface area (TPSA) is 46.2 Å². The second-order valence-electron chi connectivity index (χ2n) is 3.74. The average molecular weight is 252 g/mol. The lowest BCUT2D eigenvalue weighted by atomic mass is 9.98. The van der Waals surface area contributed by atoms with Crippen molar-refractivity contribution in [3.8, 4) is 0 Å². The molecule has 5 heteroatoms. The maximum atomic E-state index is 13.1. The molecule has 1 rings (SSSR count). The van der Waals surface area contributed by atoms with E-state index in [0.29, 0.717) is 5.56 Å². The lowest BCUT2D eigenvalue weighted by Gasteiger charge is -2.22. The van der Waals surface area contributed by atoms with Gasteiger partial charge < -0.3 is 10.8 Å². The Bertz CT molecular complexity index is 358. The molecule has 0 aromatic heterocycles. The molecule has 3 N–H and O–H groups in total. The Kier molecular flexibility index (Phi) is 5.32. The normalized spacial score (nSPS) is 13.1. The van der Waals surface area contributed by atoms with Crippen molar-refractivity contribution in [2.75, 3.05) is 6.61 Å². The molecule has 2 nitrogen and oxygen atoms in total. The molecule has 0 bridgehead atoms. The van der Waals surface area contributed by atoms with Gasteiger partial charge >= 0.3 is 0 Å². The van der Waals surface area contributed by atoms with Crippen LogP contribution in [0.1, 0.15) is 22.7 Å². The number of alkyl halides is 2. The molecule has 16 heavy (non-hydrogen) atoms. The SMILES string of the molecule is Cc1ccc([C@@H](N)C(F)(F)CO)cc1C.Cl. The van der Waals surface area contributed by atoms with Gasteiger partial charge in [-0.3, -0.25) is 0 Å². The van der Waals surface area contributed by atoms with Gasteiger partial charge in [0.2, 0.25) is 0 Å². The first kappa shape index (κ1) is 15.3. The van der Waals surface area contributed by atoms with Crippen molar-refractivity contribution in [3.05, 3.63) is 34.9 Å². The fraction of sp³-hybridized carbons (Fsp3) is 0.455. The van der Waals surface area contributed by atoms with Crippen molar-refractivity contribution in [1.82, 2.24) is 0 Å². The Morgan fingerprint density at radius 3 is 2.31 bits per heavy atom. The zero-order valence-electron chi connectivity index (χ0n) is 9.21. The molecular weight excluding hydrogens is 236 g/mol. The molecule has 1 aromatic carbocycles. The van der Waals surface area contributed by atoms with E-state index in [4.69, 9.17) is 10.8 Å². The van der Waals surface area contributed by atoms with Crippen LogP contribution in [0.15, 0.2) is 18.2 Å². The highest BCUT2D eigenvalue weighted by Gasteiger charge is 2.37. The predicted octanol–water partition coefficient (Wildman–Crippen LogP) is 2.35. The molecule has 1 aromatic rings. The minimum atomic E-state index is -3.28. The first-order chi connectivity index (χ1) is 6.88. The summed E-state index contributed by atoms with van der Waals surface area (Å²) >= 11 is 0. The molecule has 0 saturated carbocycles. The van der Waals surface area contributed by atoms with Gasteiger partial charge in [-0.2, -0.15) is 0 Å². The van der Waals surface area contributed by atoms with Crippen LogP contribution in [-0.4, -0.2) is 17.6 Å². The molecule has 0 amide bonds. The minimum absolute atomic E-state index is 0. The van der Waals surface area contributed by atoms with E-state index in [-0.39, 0.29) is 12.4 Å². The van der Waals surface area contributed by atoms with Crippen molar-refractivity contribution in [1.29, 1.82) is 0 Å². The molecule has 0 radical (unpaired) electrons. The van der Waals surface area contributed by atoms with Crippen molar-refractivity contribution >= 4 is 12.4 Å². The van der Waals surface area contributed by atoms with Gasteiger partial charge in [-0.1, -0.05) is 18.2 Å². The number of benzene rings is 1. The number of nitrogens with two attached hydrogens (primary N) is 1. The van der Waals surface area contributed by atoms with Crippen LogP contribution in [0, 0.1) is 13.8 Å². The molecule has 0 aliphatic rings. The Hall–Kier alpha value is -0.710. The third kappa shape index (κ3) is 3.14. The van der Waals surface area contributed by atoms with E-state index in [1.807, 2.05) is 13.8 Å². The largest absolute Gasteiger partial charge is 0.390 e. The Labute approximate surface area is 99.9 Å². The number of hydrogen-bond donors (Lipinski definition) is 2. The summed E-state index contributed by atoms with van der Waals surface area (Å²) in [4.78, 5) is 0. The van der Waals surface area contributed by atoms with E-state index >= 15 is 0 Å². The monoisotopic (exact) mass is 251 g/mol. The number of aliphatic hydroxyl groups excluding tert-OH is 1. The van der Waals surface area contributed by atoms with Gasteiger partial charge in [0, 0.05) is 0 Å². The lowest BCUT2D eigenvalue weighted by molar-refractivity contribution is -0.0711. The number of halogens is 3. The summed E-state index contributed by atoms with van der Waals surface area (Å²) < 4.78 is 26.2. The van der Waals surface area contributed by atoms with Crippen LogP contribution in [0.3, 0.4) is 0 Å². The first-order valence-electron chi connectivity index (χ1n) is 4.70. The van der Waals surface area contributed by atoms with E-state index in [1.165, 1.54) is 0 Å². The second kappa shape index (κ2) is 5.57. The van der Waals surface area contributed by atoms with Crippen LogP contribution in [0.2, 0.25) is 0 Å². The van der Waals surface area contributed by atoms with Gasteiger partial charge in [-0.05, 0) is 30.5 Å². The third-order valence-electron chi connectivity index (χ3n) is 2.56. The highest BCUT2D eigenvalue weighted by molar-refractivity contribution is 5.85. The Morgan fingerprint density at radius 1 is 1.31 bits per heavy atom. The Balaban J connectivity index is 0.00000225. The zero-order chi connectivity index (χ0) is 11.6. The van der Waals surface area contributed by atoms with Crippen molar-refractivity contribution < 1.29 is 13.9 Å². The van der Waals surface area contributed by atoms with E-state index in [0.717, 1.165) is 11.1 Å². The summed E-state index contributed by atoms with van der Waals surface area (Å²) in [6.45, 7) is 2.50. The van der Waals surface area contributed by atoms with Crippen LogP contribution < -0.4 is 5.73 Å². The van der Waals surface area contributed by atoms with Gasteiger partial charge in [0.05, 0.1) is 6.04 Å². The predicted molar refractivity (Wildman–Crippen MR) is 62.1 cm³/mol. The zero-order valence-corrected chi connectivity index (χ0v) is 10.0. The highest BCUT2D eigenvalue weighted by Crippen LogP contribution is 2.29. The molecular formula is C11H16ClF2NO. The van der Waals surface area contributed by atoms with E-state index < -0.39 is 18.6 Å². The molecule has 0 aliphatic carbocycles. The van der Waals surface area contributed by atoms with Gasteiger partial charge in [0.1, 0.15) is 6.61 Å². The van der Waals surface area contributed by atoms with Crippen LogP contribution >= 0.6 is 12.4 Å². The number of rotatable bonds is 3. The van der Waals surface area contributed by atoms with Crippen molar-refractivity contribution in [2.45, 2.75) is 25.8 Å². The van der Waals surface area contributed by atoms with Crippen LogP contribution in [0.4, 0.5) is 8.78 Å². The van der Waals surface area contributed by atoms with Crippen molar-refractivity contribution in [3.63, 3.8) is 0 Å². The minimum Gasteiger partial charge on any atom is -0.390 e. The van der Waals surface area contributed by atoms with Gasteiger partial charge in [0.15, 0.2) is 0 Å². The third-order valence-corrected chi connectivity index (χ3v) is 2.56. The standard InChI is InChI=1S/C11H15F2NO.ClH/c1-7-3-4-9(5-8(7)2)10(14)11(12,13)6-15;/h3-5,10,15H,6,14H2,1-2H3;1H/t10-;/m1./s1. The Morgan fingerprint density at radius 2 is 1.88 bits per heavy atom. The molecule has 0 spiro atoms. The molecule has 0 aliphatic heterocycles. The highest BCUT2D eigenvalue weighted by atomic mass is 35.5. The van der Waals surface area contributed by atoms with Crippen LogP contribution in [0.5, 0.6) is 0 Å². The fourth-order valence-electron chi connectivity index (χ4n) is 1.30. The molecule has 0 fully saturated rings. The number of aryl methyl sites for hydroxylation is 2. The first-order valence-corrected chi connectivity index (χ1v) is 4.70. The van der Waals surface area contributed by atoms with Crippen LogP contribution in [0.25, 0.3) is 0 Å². The average Bonchev–Trinajstić information content (AvgIpc) is 2.21. The van der Waals surface area contributed by atoms with E-state index in [9.17, 15) is 8.78 Å². The van der Waals surface area contributed by atoms with Crippen molar-refractivity contribution in [2.24, 2.45) is 5.73 Å². The molecule has 92 valence electrons. The smallest absolute Gasteiger partial charge is 0.289 e. The molecule has 0 heterocycles. The van der Waals surface area contributed by atoms with E-state index in [2.05, 4.69) is 0 Å². The summed E-state index contributed by atoms with van der Waals surface area (Å²) in [5.41, 5.74) is 7.68. The van der Waals surface area contributed by atoms with Gasteiger partial charge in [-0.15, -0.1) is 12.4 Å². The molecule has 1 atom stereocenters. The fourth-order valence-corrected chi connectivity index (χ4v) is 1.30. The van der Waals surface area contributed by atoms with Gasteiger partial charge in [-0.25, -0.2) is 8.78 Å².